The molecule has 0 saturated carbocycles. The first-order chi connectivity index (χ1) is 7.89. The van der Waals surface area contributed by atoms with Crippen LogP contribution in [0, 0.1) is 11.3 Å². The quantitative estimate of drug-likeness (QED) is 0.800. The average Bonchev–Trinajstić information content (AvgIpc) is 2.28. The van der Waals surface area contributed by atoms with Gasteiger partial charge in [0.05, 0.1) is 6.61 Å². The van der Waals surface area contributed by atoms with Gasteiger partial charge in [0.15, 0.2) is 0 Å². The molecular weight excluding hydrogens is 218 g/mol. The lowest BCUT2D eigenvalue weighted by molar-refractivity contribution is -0.159. The lowest BCUT2D eigenvalue weighted by Gasteiger charge is -2.39. The van der Waals surface area contributed by atoms with E-state index in [1.165, 1.54) is 0 Å². The van der Waals surface area contributed by atoms with E-state index < -0.39 is 11.4 Å². The van der Waals surface area contributed by atoms with E-state index in [4.69, 9.17) is 4.74 Å². The first kappa shape index (κ1) is 14.5. The van der Waals surface area contributed by atoms with Crippen LogP contribution in [-0.2, 0) is 9.53 Å². The molecule has 1 aliphatic rings. The number of carbonyl (C=O) groups is 1. The Morgan fingerprint density at radius 1 is 1.47 bits per heavy atom. The molecule has 0 bridgehead atoms. The van der Waals surface area contributed by atoms with Gasteiger partial charge in [-0.1, -0.05) is 13.8 Å². The Kier molecular flexibility index (Phi) is 4.95. The number of ether oxygens (including phenoxy) is 1. The molecule has 1 N–H and O–H groups in total. The molecule has 0 spiro atoms. The fraction of sp³-hybridized carbons (Fsp3) is 0.923. The molecule has 4 nitrogen and oxygen atoms in total. The Morgan fingerprint density at radius 3 is 2.53 bits per heavy atom. The summed E-state index contributed by atoms with van der Waals surface area (Å²) in [6, 6.07) is 0.383. The second-order valence-electron chi connectivity index (χ2n) is 5.64. The second kappa shape index (κ2) is 5.83. The molecule has 0 amide bonds. The number of aliphatic carboxylic acids is 1. The van der Waals surface area contributed by atoms with Crippen LogP contribution >= 0.6 is 0 Å². The maximum Gasteiger partial charge on any atom is 0.313 e. The highest BCUT2D eigenvalue weighted by atomic mass is 16.5. The third-order valence-corrected chi connectivity index (χ3v) is 3.99. The van der Waals surface area contributed by atoms with Gasteiger partial charge in [0, 0.05) is 19.2 Å². The molecule has 1 rings (SSSR count). The molecule has 1 aliphatic heterocycles. The highest BCUT2D eigenvalue weighted by Gasteiger charge is 2.42. The highest BCUT2D eigenvalue weighted by Crippen LogP contribution is 2.30. The van der Waals surface area contributed by atoms with Crippen LogP contribution in [0.3, 0.4) is 0 Å². The smallest absolute Gasteiger partial charge is 0.313 e. The van der Waals surface area contributed by atoms with Crippen molar-refractivity contribution in [3.05, 3.63) is 0 Å². The van der Waals surface area contributed by atoms with Gasteiger partial charge in [-0.15, -0.1) is 0 Å². The Hall–Kier alpha value is -0.610. The van der Waals surface area contributed by atoms with E-state index >= 15 is 0 Å². The number of hydrogen-bond acceptors (Lipinski definition) is 3. The van der Waals surface area contributed by atoms with Gasteiger partial charge < -0.3 is 14.7 Å². The topological polar surface area (TPSA) is 49.8 Å². The van der Waals surface area contributed by atoms with Gasteiger partial charge in [-0.05, 0) is 32.7 Å². The number of rotatable bonds is 5. The van der Waals surface area contributed by atoms with Crippen LogP contribution in [0.1, 0.15) is 33.6 Å². The zero-order valence-corrected chi connectivity index (χ0v) is 11.4. The average molecular weight is 243 g/mol. The third-order valence-electron chi connectivity index (χ3n) is 3.99. The van der Waals surface area contributed by atoms with Crippen molar-refractivity contribution in [1.82, 2.24) is 4.90 Å². The summed E-state index contributed by atoms with van der Waals surface area (Å²) in [5, 5.41) is 9.45. The SMILES string of the molecule is CC(C)C(C)N(C)CC1(C(=O)O)CCCOC1. The maximum absolute atomic E-state index is 11.5. The van der Waals surface area contributed by atoms with Crippen molar-refractivity contribution in [2.45, 2.75) is 39.7 Å². The standard InChI is InChI=1S/C13H25NO3/c1-10(2)11(3)14(4)8-13(12(15)16)6-5-7-17-9-13/h10-11H,5-9H2,1-4H3,(H,15,16). The fourth-order valence-corrected chi connectivity index (χ4v) is 2.34. The molecular formula is C13H25NO3. The number of hydrogen-bond donors (Lipinski definition) is 1. The third kappa shape index (κ3) is 3.42. The van der Waals surface area contributed by atoms with Crippen LogP contribution in [-0.4, -0.2) is 48.8 Å². The first-order valence-corrected chi connectivity index (χ1v) is 6.40. The molecule has 4 heteroatoms. The molecule has 1 heterocycles. The predicted octanol–water partition coefficient (Wildman–Crippen LogP) is 1.84. The summed E-state index contributed by atoms with van der Waals surface area (Å²) in [7, 11) is 2.00. The normalized spacial score (nSPS) is 27.4. The summed E-state index contributed by atoms with van der Waals surface area (Å²) < 4.78 is 5.38. The lowest BCUT2D eigenvalue weighted by Crippen LogP contribution is -2.50. The molecule has 100 valence electrons. The van der Waals surface area contributed by atoms with Crippen LogP contribution in [0.2, 0.25) is 0 Å². The molecule has 0 aliphatic carbocycles. The first-order valence-electron chi connectivity index (χ1n) is 6.40. The predicted molar refractivity (Wildman–Crippen MR) is 67.1 cm³/mol. The summed E-state index contributed by atoms with van der Waals surface area (Å²) in [5.41, 5.74) is -0.712. The minimum Gasteiger partial charge on any atom is -0.481 e. The fourth-order valence-electron chi connectivity index (χ4n) is 2.34. The Balaban J connectivity index is 2.70. The van der Waals surface area contributed by atoms with Crippen molar-refractivity contribution >= 4 is 5.97 Å². The molecule has 0 aromatic carbocycles. The van der Waals surface area contributed by atoms with Crippen LogP contribution in [0.5, 0.6) is 0 Å². The van der Waals surface area contributed by atoms with Gasteiger partial charge in [-0.25, -0.2) is 0 Å². The van der Waals surface area contributed by atoms with Crippen molar-refractivity contribution in [3.63, 3.8) is 0 Å². The zero-order valence-electron chi connectivity index (χ0n) is 11.4. The molecule has 1 fully saturated rings. The molecule has 0 radical (unpaired) electrons. The number of carboxylic acid groups (broad SMARTS) is 1. The minimum absolute atomic E-state index is 0.345. The maximum atomic E-state index is 11.5. The van der Waals surface area contributed by atoms with Crippen molar-refractivity contribution in [2.24, 2.45) is 11.3 Å². The summed E-state index contributed by atoms with van der Waals surface area (Å²) in [6.45, 7) is 8.07. The van der Waals surface area contributed by atoms with E-state index in [0.717, 1.165) is 12.8 Å². The Labute approximate surface area is 104 Å². The molecule has 0 aromatic heterocycles. The van der Waals surface area contributed by atoms with E-state index in [1.54, 1.807) is 0 Å². The summed E-state index contributed by atoms with van der Waals surface area (Å²) in [4.78, 5) is 13.6. The van der Waals surface area contributed by atoms with Crippen LogP contribution < -0.4 is 0 Å². The van der Waals surface area contributed by atoms with Crippen LogP contribution in [0.15, 0.2) is 0 Å². The van der Waals surface area contributed by atoms with Gasteiger partial charge in [-0.2, -0.15) is 0 Å². The van der Waals surface area contributed by atoms with Gasteiger partial charge in [0.1, 0.15) is 5.41 Å². The minimum atomic E-state index is -0.722. The molecule has 1 saturated heterocycles. The van der Waals surface area contributed by atoms with Crippen LogP contribution in [0.25, 0.3) is 0 Å². The largest absolute Gasteiger partial charge is 0.481 e. The zero-order chi connectivity index (χ0) is 13.1. The Morgan fingerprint density at radius 2 is 2.12 bits per heavy atom. The second-order valence-corrected chi connectivity index (χ2v) is 5.64. The molecule has 2 unspecified atom stereocenters. The number of nitrogens with zero attached hydrogens (tertiary/aromatic N) is 1. The van der Waals surface area contributed by atoms with Crippen molar-refractivity contribution in [1.29, 1.82) is 0 Å². The monoisotopic (exact) mass is 243 g/mol. The Bertz CT molecular complexity index is 259. The van der Waals surface area contributed by atoms with Crippen molar-refractivity contribution < 1.29 is 14.6 Å². The van der Waals surface area contributed by atoms with E-state index in [-0.39, 0.29) is 0 Å². The molecule has 0 aromatic rings. The van der Waals surface area contributed by atoms with E-state index in [2.05, 4.69) is 25.7 Å². The van der Waals surface area contributed by atoms with Gasteiger partial charge in [0.2, 0.25) is 0 Å². The van der Waals surface area contributed by atoms with Gasteiger partial charge in [0.25, 0.3) is 0 Å². The van der Waals surface area contributed by atoms with Crippen LogP contribution in [0.4, 0.5) is 0 Å². The molecule has 2 atom stereocenters. The van der Waals surface area contributed by atoms with E-state index in [1.807, 2.05) is 7.05 Å². The summed E-state index contributed by atoms with van der Waals surface area (Å²) in [6.07, 6.45) is 1.56. The van der Waals surface area contributed by atoms with E-state index in [9.17, 15) is 9.90 Å². The van der Waals surface area contributed by atoms with Crippen molar-refractivity contribution in [2.75, 3.05) is 26.8 Å². The lowest BCUT2D eigenvalue weighted by atomic mass is 9.81. The van der Waals surface area contributed by atoms with Gasteiger partial charge in [-0.3, -0.25) is 4.79 Å². The highest BCUT2D eigenvalue weighted by molar-refractivity contribution is 5.75. The number of carboxylic acids is 1. The van der Waals surface area contributed by atoms with Crippen molar-refractivity contribution in [3.8, 4) is 0 Å². The van der Waals surface area contributed by atoms with E-state index in [0.29, 0.717) is 31.7 Å². The summed E-state index contributed by atoms with van der Waals surface area (Å²) in [5.74, 6) is -0.199. The summed E-state index contributed by atoms with van der Waals surface area (Å²) >= 11 is 0. The molecule has 17 heavy (non-hydrogen) atoms. The van der Waals surface area contributed by atoms with Gasteiger partial charge >= 0.3 is 5.97 Å².